The van der Waals surface area contributed by atoms with Crippen LogP contribution < -0.4 is 0 Å². The quantitative estimate of drug-likeness (QED) is 0.727. The molecule has 3 fully saturated rings. The lowest BCUT2D eigenvalue weighted by Gasteiger charge is -2.39. The van der Waals surface area contributed by atoms with Gasteiger partial charge in [0.2, 0.25) is 10.0 Å². The second-order valence-corrected chi connectivity index (χ2v) is 10.5. The van der Waals surface area contributed by atoms with Gasteiger partial charge < -0.3 is 14.2 Å². The van der Waals surface area contributed by atoms with Gasteiger partial charge in [-0.05, 0) is 31.0 Å². The second kappa shape index (κ2) is 6.53. The molecule has 3 aliphatic heterocycles. The highest BCUT2D eigenvalue weighted by Crippen LogP contribution is 2.47. The van der Waals surface area contributed by atoms with Gasteiger partial charge in [0.15, 0.2) is 5.69 Å². The maximum absolute atomic E-state index is 13.2. The molecule has 3 saturated heterocycles. The largest absolute Gasteiger partial charge is 0.365 e. The predicted molar refractivity (Wildman–Crippen MR) is 104 cm³/mol. The van der Waals surface area contributed by atoms with Gasteiger partial charge in [-0.2, -0.15) is 4.31 Å². The Balaban J connectivity index is 1.41. The van der Waals surface area contributed by atoms with Crippen molar-refractivity contribution in [2.75, 3.05) is 19.6 Å². The highest BCUT2D eigenvalue weighted by molar-refractivity contribution is 7.90. The Bertz CT molecular complexity index is 1090. The van der Waals surface area contributed by atoms with E-state index < -0.39 is 20.9 Å². The van der Waals surface area contributed by atoms with Crippen LogP contribution in [0.15, 0.2) is 34.9 Å². The first-order valence-corrected chi connectivity index (χ1v) is 11.3. The highest BCUT2D eigenvalue weighted by atomic mass is 35.5. The van der Waals surface area contributed by atoms with Gasteiger partial charge >= 0.3 is 0 Å². The molecule has 5 rings (SSSR count). The van der Waals surface area contributed by atoms with Crippen molar-refractivity contribution < 1.29 is 22.5 Å². The van der Waals surface area contributed by atoms with Crippen LogP contribution in [0.3, 0.4) is 0 Å². The Kier molecular flexibility index (Phi) is 4.29. The lowest BCUT2D eigenvalue weighted by molar-refractivity contribution is -0.0981. The summed E-state index contributed by atoms with van der Waals surface area (Å²) in [7, 11) is -3.56. The number of nitrogens with zero attached hydrogens (tertiary/aromatic N) is 3. The van der Waals surface area contributed by atoms with E-state index in [9.17, 15) is 13.2 Å². The maximum Gasteiger partial charge on any atom is 0.276 e. The molecule has 0 saturated carbocycles. The fraction of sp³-hybridized carbons (Fsp3) is 0.474. The van der Waals surface area contributed by atoms with E-state index in [0.29, 0.717) is 23.7 Å². The second-order valence-electron chi connectivity index (χ2n) is 7.98. The van der Waals surface area contributed by atoms with Gasteiger partial charge in [-0.1, -0.05) is 28.9 Å². The summed E-state index contributed by atoms with van der Waals surface area (Å²) in [4.78, 5) is 14.5. The number of morpholine rings is 1. The minimum atomic E-state index is -3.56. The Hall–Kier alpha value is -1.94. The molecule has 29 heavy (non-hydrogen) atoms. The molecule has 3 aliphatic rings. The molecule has 2 aromatic rings. The third-order valence-corrected chi connectivity index (χ3v) is 8.45. The van der Waals surface area contributed by atoms with Gasteiger partial charge in [0.25, 0.3) is 5.91 Å². The highest BCUT2D eigenvalue weighted by Gasteiger charge is 2.65. The summed E-state index contributed by atoms with van der Waals surface area (Å²) in [5.41, 5.74) is 0.124. The van der Waals surface area contributed by atoms with Crippen molar-refractivity contribution in [3.8, 4) is 0 Å². The maximum atomic E-state index is 13.2. The van der Waals surface area contributed by atoms with Crippen LogP contribution in [0.5, 0.6) is 0 Å². The van der Waals surface area contributed by atoms with Crippen LogP contribution in [-0.4, -0.2) is 65.3 Å². The SMILES string of the molecule is Cc1cc(C(=O)N2C[C@@H]3C[C@@H]4[C@@](C2)(CN(Cc2cccc(Cl)c2)S4(=O)=O)O3)no1. The first-order chi connectivity index (χ1) is 13.8. The van der Waals surface area contributed by atoms with E-state index >= 15 is 0 Å². The molecule has 4 heterocycles. The minimum Gasteiger partial charge on any atom is -0.365 e. The van der Waals surface area contributed by atoms with E-state index in [4.69, 9.17) is 20.9 Å². The van der Waals surface area contributed by atoms with E-state index in [1.807, 2.05) is 6.07 Å². The van der Waals surface area contributed by atoms with Crippen molar-refractivity contribution in [3.63, 3.8) is 0 Å². The van der Waals surface area contributed by atoms with Crippen molar-refractivity contribution >= 4 is 27.5 Å². The molecule has 0 unspecified atom stereocenters. The van der Waals surface area contributed by atoms with Crippen molar-refractivity contribution in [2.45, 2.75) is 36.8 Å². The summed E-state index contributed by atoms with van der Waals surface area (Å²) in [6, 6.07) is 8.75. The number of likely N-dealkylation sites (tertiary alicyclic amines) is 1. The Labute approximate surface area is 173 Å². The van der Waals surface area contributed by atoms with Gasteiger partial charge in [-0.15, -0.1) is 0 Å². The van der Waals surface area contributed by atoms with Crippen molar-refractivity contribution in [1.82, 2.24) is 14.4 Å². The summed E-state index contributed by atoms with van der Waals surface area (Å²) in [5, 5.41) is 3.71. The molecule has 3 atom stereocenters. The molecule has 0 radical (unpaired) electrons. The zero-order chi connectivity index (χ0) is 20.4. The number of aryl methyl sites for hydroxylation is 1. The van der Waals surface area contributed by atoms with Gasteiger partial charge in [0.05, 0.1) is 12.6 Å². The normalized spacial score (nSPS) is 30.5. The number of carbonyl (C=O) groups is 1. The van der Waals surface area contributed by atoms with Crippen molar-refractivity contribution in [3.05, 3.63) is 52.4 Å². The van der Waals surface area contributed by atoms with Crippen molar-refractivity contribution in [2.24, 2.45) is 0 Å². The number of ether oxygens (including phenoxy) is 1. The molecule has 1 amide bonds. The standard InChI is InChI=1S/C19H20ClN3O5S/c1-12-5-16(21-28-12)18(24)22-9-15-7-17-19(10-22,27-15)11-23(29(17,25)26)8-13-3-2-4-14(20)6-13/h2-6,15,17H,7-11H2,1H3/t15-,17+,19+/m0/s1. The first-order valence-electron chi connectivity index (χ1n) is 9.41. The van der Waals surface area contributed by atoms with Crippen LogP contribution >= 0.6 is 11.6 Å². The number of hydrogen-bond donors (Lipinski definition) is 0. The molecular formula is C19H20ClN3O5S. The molecule has 10 heteroatoms. The number of amides is 1. The lowest BCUT2D eigenvalue weighted by Crippen LogP contribution is -2.56. The van der Waals surface area contributed by atoms with Gasteiger partial charge in [0, 0.05) is 30.7 Å². The van der Waals surface area contributed by atoms with E-state index in [1.54, 1.807) is 36.1 Å². The number of halogens is 1. The minimum absolute atomic E-state index is 0.212. The summed E-state index contributed by atoms with van der Waals surface area (Å²) < 4.78 is 39.1. The van der Waals surface area contributed by atoms with Crippen molar-refractivity contribution in [1.29, 1.82) is 0 Å². The topological polar surface area (TPSA) is 93.0 Å². The van der Waals surface area contributed by atoms with Crippen LogP contribution in [0.25, 0.3) is 0 Å². The molecule has 1 aromatic heterocycles. The Morgan fingerprint density at radius 1 is 1.34 bits per heavy atom. The average molecular weight is 438 g/mol. The lowest BCUT2D eigenvalue weighted by atomic mass is 9.99. The van der Waals surface area contributed by atoms with E-state index in [0.717, 1.165) is 5.56 Å². The van der Waals surface area contributed by atoms with Gasteiger partial charge in [0.1, 0.15) is 16.6 Å². The summed E-state index contributed by atoms with van der Waals surface area (Å²) in [6.07, 6.45) is 0.0875. The van der Waals surface area contributed by atoms with Gasteiger partial charge in [-0.25, -0.2) is 8.42 Å². The number of benzene rings is 1. The molecular weight excluding hydrogens is 418 g/mol. The Morgan fingerprint density at radius 3 is 2.90 bits per heavy atom. The molecule has 154 valence electrons. The smallest absolute Gasteiger partial charge is 0.276 e. The molecule has 2 bridgehead atoms. The fourth-order valence-electron chi connectivity index (χ4n) is 4.71. The number of aromatic nitrogens is 1. The third-order valence-electron chi connectivity index (χ3n) is 5.89. The summed E-state index contributed by atoms with van der Waals surface area (Å²) in [5.74, 6) is 0.289. The molecule has 8 nitrogen and oxygen atoms in total. The van der Waals surface area contributed by atoms with Crippen LogP contribution in [0.4, 0.5) is 0 Å². The zero-order valence-electron chi connectivity index (χ0n) is 15.7. The number of fused-ring (bicyclic) bond motifs is 1. The number of sulfonamides is 1. The zero-order valence-corrected chi connectivity index (χ0v) is 17.3. The molecule has 1 aromatic carbocycles. The first kappa shape index (κ1) is 19.0. The number of rotatable bonds is 3. The van der Waals surface area contributed by atoms with E-state index in [1.165, 1.54) is 4.31 Å². The van der Waals surface area contributed by atoms with Crippen LogP contribution in [0.1, 0.15) is 28.2 Å². The molecule has 1 spiro atoms. The third kappa shape index (κ3) is 3.07. The monoisotopic (exact) mass is 437 g/mol. The van der Waals surface area contributed by atoms with E-state index in [-0.39, 0.29) is 37.3 Å². The number of carbonyl (C=O) groups excluding carboxylic acids is 1. The van der Waals surface area contributed by atoms with Crippen LogP contribution in [0.2, 0.25) is 5.02 Å². The molecule has 0 N–H and O–H groups in total. The summed E-state index contributed by atoms with van der Waals surface area (Å²) >= 11 is 6.04. The molecule has 0 aliphatic carbocycles. The van der Waals surface area contributed by atoms with Gasteiger partial charge in [-0.3, -0.25) is 4.79 Å². The Morgan fingerprint density at radius 2 is 2.17 bits per heavy atom. The predicted octanol–water partition coefficient (Wildman–Crippen LogP) is 1.83. The average Bonchev–Trinajstić information content (AvgIpc) is 3.26. The number of hydrogen-bond acceptors (Lipinski definition) is 6. The van der Waals surface area contributed by atoms with E-state index in [2.05, 4.69) is 5.16 Å². The van der Waals surface area contributed by atoms with Crippen LogP contribution in [-0.2, 0) is 21.3 Å². The fourth-order valence-corrected chi connectivity index (χ4v) is 7.22. The van der Waals surface area contributed by atoms with Crippen LogP contribution in [0, 0.1) is 6.92 Å². The summed E-state index contributed by atoms with van der Waals surface area (Å²) in [6.45, 7) is 2.73.